The van der Waals surface area contributed by atoms with Crippen LogP contribution < -0.4 is 20.9 Å². The fraction of sp³-hybridized carbons (Fsp3) is 0.130. The molecule has 35 heavy (non-hydrogen) atoms. The second kappa shape index (κ2) is 11.3. The lowest BCUT2D eigenvalue weighted by atomic mass is 10.2. The Bertz CT molecular complexity index is 1220. The molecule has 3 rings (SSSR count). The topological polar surface area (TPSA) is 73.5 Å². The summed E-state index contributed by atoms with van der Waals surface area (Å²) in [5.41, 5.74) is -0.531. The fourth-order valence-corrected chi connectivity index (χ4v) is 3.28. The first kappa shape index (κ1) is 26.1. The third kappa shape index (κ3) is 7.49. The number of anilines is 3. The first-order valence-electron chi connectivity index (χ1n) is 10.0. The minimum atomic E-state index is -4.62. The van der Waals surface area contributed by atoms with E-state index >= 15 is 0 Å². The smallest absolute Gasteiger partial charge is 0.336 e. The average molecular weight is 529 g/mol. The molecule has 3 N–H and O–H groups in total. The van der Waals surface area contributed by atoms with Gasteiger partial charge in [-0.2, -0.15) is 13.2 Å². The summed E-state index contributed by atoms with van der Waals surface area (Å²) in [7, 11) is 0. The first-order chi connectivity index (χ1) is 16.5. The number of halogens is 6. The van der Waals surface area contributed by atoms with Gasteiger partial charge in [-0.05, 0) is 54.6 Å². The molecule has 0 aliphatic carbocycles. The van der Waals surface area contributed by atoms with Crippen LogP contribution in [-0.4, -0.2) is 25.2 Å². The molecule has 0 aliphatic rings. The van der Waals surface area contributed by atoms with Crippen LogP contribution in [0.5, 0.6) is 0 Å². The number of hydrogen-bond acceptors (Lipinski definition) is 2. The van der Waals surface area contributed by atoms with E-state index in [9.17, 15) is 27.2 Å². The SMILES string of the molecule is O=C(NCCN(C(=O)Nc1ccc(Cl)c(Cl)c1)c1cccc(C(F)(F)F)c1)Nc1cccc(F)c1. The summed E-state index contributed by atoms with van der Waals surface area (Å²) in [5.74, 6) is -0.544. The molecule has 12 heteroatoms. The van der Waals surface area contributed by atoms with Crippen LogP contribution in [0.15, 0.2) is 66.7 Å². The van der Waals surface area contributed by atoms with E-state index in [0.717, 1.165) is 23.1 Å². The summed E-state index contributed by atoms with van der Waals surface area (Å²) in [6.07, 6.45) is -4.62. The normalized spacial score (nSPS) is 11.0. The van der Waals surface area contributed by atoms with Crippen LogP contribution in [0.1, 0.15) is 5.56 Å². The van der Waals surface area contributed by atoms with E-state index in [4.69, 9.17) is 23.2 Å². The van der Waals surface area contributed by atoms with Gasteiger partial charge in [0.25, 0.3) is 0 Å². The quantitative estimate of drug-likeness (QED) is 0.301. The number of carbonyl (C=O) groups is 2. The van der Waals surface area contributed by atoms with Crippen molar-refractivity contribution in [2.45, 2.75) is 6.18 Å². The molecule has 0 saturated heterocycles. The first-order valence-corrected chi connectivity index (χ1v) is 10.8. The maximum absolute atomic E-state index is 13.3. The van der Waals surface area contributed by atoms with Gasteiger partial charge in [-0.1, -0.05) is 35.3 Å². The van der Waals surface area contributed by atoms with Crippen molar-refractivity contribution in [1.29, 1.82) is 0 Å². The van der Waals surface area contributed by atoms with Crippen molar-refractivity contribution >= 4 is 52.3 Å². The molecule has 0 aliphatic heterocycles. The predicted molar refractivity (Wildman–Crippen MR) is 128 cm³/mol. The van der Waals surface area contributed by atoms with Crippen molar-refractivity contribution in [3.05, 3.63) is 88.2 Å². The molecule has 0 unspecified atom stereocenters. The van der Waals surface area contributed by atoms with Gasteiger partial charge in [0, 0.05) is 30.2 Å². The molecule has 3 aromatic carbocycles. The lowest BCUT2D eigenvalue weighted by Crippen LogP contribution is -2.42. The highest BCUT2D eigenvalue weighted by Gasteiger charge is 2.31. The largest absolute Gasteiger partial charge is 0.416 e. The van der Waals surface area contributed by atoms with Crippen molar-refractivity contribution in [3.8, 4) is 0 Å². The van der Waals surface area contributed by atoms with Gasteiger partial charge in [-0.15, -0.1) is 0 Å². The van der Waals surface area contributed by atoms with Crippen LogP contribution in [0.4, 0.5) is 44.2 Å². The van der Waals surface area contributed by atoms with Crippen molar-refractivity contribution in [3.63, 3.8) is 0 Å². The number of hydrogen-bond donors (Lipinski definition) is 3. The second-order valence-electron chi connectivity index (χ2n) is 7.15. The number of urea groups is 2. The van der Waals surface area contributed by atoms with Gasteiger partial charge < -0.3 is 16.0 Å². The zero-order valence-corrected chi connectivity index (χ0v) is 19.3. The van der Waals surface area contributed by atoms with E-state index in [1.807, 2.05) is 0 Å². The molecule has 3 aromatic rings. The van der Waals surface area contributed by atoms with Crippen molar-refractivity contribution in [2.24, 2.45) is 0 Å². The molecule has 184 valence electrons. The molecule has 0 atom stereocenters. The van der Waals surface area contributed by atoms with Crippen LogP contribution in [0, 0.1) is 5.82 Å². The van der Waals surface area contributed by atoms with Crippen LogP contribution >= 0.6 is 23.2 Å². The molecular formula is C23H18Cl2F4N4O2. The lowest BCUT2D eigenvalue weighted by molar-refractivity contribution is -0.137. The molecule has 6 nitrogen and oxygen atoms in total. The Labute approximate surface area is 207 Å². The third-order valence-electron chi connectivity index (χ3n) is 4.60. The van der Waals surface area contributed by atoms with Gasteiger partial charge in [-0.25, -0.2) is 14.0 Å². The van der Waals surface area contributed by atoms with Gasteiger partial charge >= 0.3 is 18.2 Å². The number of alkyl halides is 3. The van der Waals surface area contributed by atoms with E-state index < -0.39 is 29.6 Å². The van der Waals surface area contributed by atoms with E-state index in [2.05, 4.69) is 16.0 Å². The number of nitrogens with zero attached hydrogens (tertiary/aromatic N) is 1. The minimum absolute atomic E-state index is 0.0512. The van der Waals surface area contributed by atoms with Gasteiger partial charge in [-0.3, -0.25) is 4.90 Å². The lowest BCUT2D eigenvalue weighted by Gasteiger charge is -2.24. The van der Waals surface area contributed by atoms with Gasteiger partial charge in [0.1, 0.15) is 5.82 Å². The Morgan fingerprint density at radius 2 is 1.57 bits per heavy atom. The van der Waals surface area contributed by atoms with E-state index in [-0.39, 0.29) is 40.2 Å². The number of nitrogens with one attached hydrogen (secondary N) is 3. The van der Waals surface area contributed by atoms with Gasteiger partial charge in [0.2, 0.25) is 0 Å². The Hall–Kier alpha value is -3.50. The molecule has 0 saturated carbocycles. The Morgan fingerprint density at radius 3 is 2.26 bits per heavy atom. The van der Waals surface area contributed by atoms with Gasteiger partial charge in [0.05, 0.1) is 15.6 Å². The molecule has 0 fully saturated rings. The molecule has 0 aromatic heterocycles. The van der Waals surface area contributed by atoms with E-state index in [1.165, 1.54) is 48.5 Å². The maximum Gasteiger partial charge on any atom is 0.416 e. The highest BCUT2D eigenvalue weighted by Crippen LogP contribution is 2.32. The zero-order chi connectivity index (χ0) is 25.6. The van der Waals surface area contributed by atoms with Crippen molar-refractivity contribution in [1.82, 2.24) is 5.32 Å². The summed E-state index contributed by atoms with van der Waals surface area (Å²) < 4.78 is 52.9. The summed E-state index contributed by atoms with van der Waals surface area (Å²) in [6.45, 7) is -0.322. The third-order valence-corrected chi connectivity index (χ3v) is 5.34. The highest BCUT2D eigenvalue weighted by atomic mass is 35.5. The van der Waals surface area contributed by atoms with Crippen LogP contribution in [0.25, 0.3) is 0 Å². The van der Waals surface area contributed by atoms with Crippen LogP contribution in [-0.2, 0) is 6.18 Å². The summed E-state index contributed by atoms with van der Waals surface area (Å²) in [4.78, 5) is 26.1. The second-order valence-corrected chi connectivity index (χ2v) is 7.96. The number of benzene rings is 3. The Balaban J connectivity index is 1.75. The maximum atomic E-state index is 13.3. The summed E-state index contributed by atoms with van der Waals surface area (Å²) >= 11 is 11.8. The molecule has 0 radical (unpaired) electrons. The Kier molecular flexibility index (Phi) is 8.42. The molecular weight excluding hydrogens is 511 g/mol. The van der Waals surface area contributed by atoms with E-state index in [0.29, 0.717) is 0 Å². The number of amides is 4. The molecule has 0 heterocycles. The number of rotatable bonds is 6. The van der Waals surface area contributed by atoms with Crippen molar-refractivity contribution in [2.75, 3.05) is 28.6 Å². The molecule has 0 spiro atoms. The Morgan fingerprint density at radius 1 is 0.857 bits per heavy atom. The minimum Gasteiger partial charge on any atom is -0.336 e. The molecule has 4 amide bonds. The van der Waals surface area contributed by atoms with Crippen LogP contribution in [0.3, 0.4) is 0 Å². The summed E-state index contributed by atoms with van der Waals surface area (Å²) in [6, 6.07) is 12.3. The fourth-order valence-electron chi connectivity index (χ4n) is 2.99. The van der Waals surface area contributed by atoms with Crippen LogP contribution in [0.2, 0.25) is 10.0 Å². The zero-order valence-electron chi connectivity index (χ0n) is 17.8. The predicted octanol–water partition coefficient (Wildman–Crippen LogP) is 7.01. The standard InChI is InChI=1S/C23H18Cl2F4N4O2/c24-19-8-7-17(13-20(19)25)32-22(35)33(18-6-1-3-14(11-18)23(27,28)29)10-9-30-21(34)31-16-5-2-4-15(26)12-16/h1-8,11-13H,9-10H2,(H,32,35)(H2,30,31,34). The van der Waals surface area contributed by atoms with E-state index in [1.54, 1.807) is 0 Å². The van der Waals surface area contributed by atoms with Crippen molar-refractivity contribution < 1.29 is 27.2 Å². The highest BCUT2D eigenvalue weighted by molar-refractivity contribution is 6.42. The van der Waals surface area contributed by atoms with Gasteiger partial charge in [0.15, 0.2) is 0 Å². The summed E-state index contributed by atoms with van der Waals surface area (Å²) in [5, 5.41) is 7.87. The number of carbonyl (C=O) groups excluding carboxylic acids is 2. The monoisotopic (exact) mass is 528 g/mol. The average Bonchev–Trinajstić information content (AvgIpc) is 2.78. The molecule has 0 bridgehead atoms.